The van der Waals surface area contributed by atoms with Crippen LogP contribution >= 0.6 is 0 Å². The minimum absolute atomic E-state index is 0.142. The van der Waals surface area contributed by atoms with E-state index in [1.54, 1.807) is 20.8 Å². The third kappa shape index (κ3) is 3.23. The Labute approximate surface area is 133 Å². The minimum Gasteiger partial charge on any atom is -0.418 e. The predicted molar refractivity (Wildman–Crippen MR) is 81.1 cm³/mol. The molecule has 0 spiro atoms. The first-order valence-corrected chi connectivity index (χ1v) is 6.96. The second-order valence-corrected chi connectivity index (χ2v) is 6.38. The highest BCUT2D eigenvalue weighted by Crippen LogP contribution is 2.38. The van der Waals surface area contributed by atoms with Gasteiger partial charge in [0.15, 0.2) is 0 Å². The van der Waals surface area contributed by atoms with E-state index in [0.717, 1.165) is 0 Å². The van der Waals surface area contributed by atoms with Crippen LogP contribution in [-0.2, 0) is 19.1 Å². The summed E-state index contributed by atoms with van der Waals surface area (Å²) in [6.07, 6.45) is 1.22. The quantitative estimate of drug-likeness (QED) is 0.273. The van der Waals surface area contributed by atoms with Crippen molar-refractivity contribution < 1.29 is 24.0 Å². The van der Waals surface area contributed by atoms with Crippen LogP contribution in [0, 0.1) is 15.5 Å². The largest absolute Gasteiger partial charge is 0.418 e. The zero-order chi connectivity index (χ0) is 17.4. The predicted octanol–water partition coefficient (Wildman–Crippen LogP) is 2.84. The molecular formula is C16H17NO6. The lowest BCUT2D eigenvalue weighted by atomic mass is 9.85. The second kappa shape index (κ2) is 5.49. The van der Waals surface area contributed by atoms with Crippen molar-refractivity contribution in [2.75, 3.05) is 0 Å². The second-order valence-electron chi connectivity index (χ2n) is 6.38. The van der Waals surface area contributed by atoms with Crippen LogP contribution in [-0.4, -0.2) is 22.6 Å². The topological polar surface area (TPSA) is 95.7 Å². The number of non-ortho nitro benzene ring substituents is 1. The van der Waals surface area contributed by atoms with Gasteiger partial charge in [0.1, 0.15) is 5.57 Å². The summed E-state index contributed by atoms with van der Waals surface area (Å²) < 4.78 is 10.6. The molecule has 1 heterocycles. The monoisotopic (exact) mass is 319 g/mol. The molecule has 0 aromatic heterocycles. The summed E-state index contributed by atoms with van der Waals surface area (Å²) in [4.78, 5) is 34.5. The molecule has 0 aliphatic carbocycles. The molecule has 2 rings (SSSR count). The number of nitrogens with zero attached hydrogens (tertiary/aromatic N) is 1. The fraction of sp³-hybridized carbons (Fsp3) is 0.375. The zero-order valence-electron chi connectivity index (χ0n) is 13.3. The van der Waals surface area contributed by atoms with Crippen LogP contribution in [0.25, 0.3) is 6.08 Å². The van der Waals surface area contributed by atoms with Crippen LogP contribution in [0.4, 0.5) is 5.69 Å². The fourth-order valence-corrected chi connectivity index (χ4v) is 1.89. The lowest BCUT2D eigenvalue weighted by Gasteiger charge is -2.42. The van der Waals surface area contributed by atoms with Crippen LogP contribution in [0.3, 0.4) is 0 Å². The molecule has 0 bridgehead atoms. The van der Waals surface area contributed by atoms with E-state index in [0.29, 0.717) is 5.56 Å². The van der Waals surface area contributed by atoms with E-state index in [1.807, 2.05) is 0 Å². The number of benzene rings is 1. The van der Waals surface area contributed by atoms with Crippen LogP contribution in [0.5, 0.6) is 0 Å². The van der Waals surface area contributed by atoms with E-state index in [2.05, 4.69) is 0 Å². The van der Waals surface area contributed by atoms with Crippen LogP contribution in [0.15, 0.2) is 29.8 Å². The maximum atomic E-state index is 12.2. The Morgan fingerprint density at radius 1 is 1.17 bits per heavy atom. The Kier molecular flexibility index (Phi) is 3.98. The van der Waals surface area contributed by atoms with E-state index >= 15 is 0 Å². The van der Waals surface area contributed by atoms with Crippen molar-refractivity contribution in [1.82, 2.24) is 0 Å². The average Bonchev–Trinajstić information content (AvgIpc) is 2.42. The molecule has 1 aliphatic rings. The first-order chi connectivity index (χ1) is 10.5. The fourth-order valence-electron chi connectivity index (χ4n) is 1.89. The molecule has 1 saturated heterocycles. The molecule has 0 amide bonds. The molecular weight excluding hydrogens is 302 g/mol. The molecule has 0 N–H and O–H groups in total. The molecule has 23 heavy (non-hydrogen) atoms. The molecule has 1 aliphatic heterocycles. The average molecular weight is 319 g/mol. The Hall–Kier alpha value is -2.70. The van der Waals surface area contributed by atoms with Crippen molar-refractivity contribution in [2.45, 2.75) is 33.5 Å². The molecule has 1 aromatic rings. The highest BCUT2D eigenvalue weighted by molar-refractivity contribution is 6.18. The third-order valence-electron chi connectivity index (χ3n) is 3.77. The standard InChI is InChI=1S/C16H17NO6/c1-15(2,3)16(4)22-13(18)12(14(19)23-16)9-10-6-5-7-11(8-10)17(20)21/h5-9H,1-4H3. The number of cyclic esters (lactones) is 2. The van der Waals surface area contributed by atoms with Gasteiger partial charge in [-0.15, -0.1) is 0 Å². The van der Waals surface area contributed by atoms with Gasteiger partial charge in [0.05, 0.1) is 4.92 Å². The van der Waals surface area contributed by atoms with Gasteiger partial charge in [-0.3, -0.25) is 10.1 Å². The van der Waals surface area contributed by atoms with Crippen LogP contribution in [0.1, 0.15) is 33.3 Å². The number of esters is 2. The number of carbonyl (C=O) groups excluding carboxylic acids is 2. The van der Waals surface area contributed by atoms with E-state index < -0.39 is 28.1 Å². The van der Waals surface area contributed by atoms with E-state index in [4.69, 9.17) is 9.47 Å². The lowest BCUT2D eigenvalue weighted by molar-refractivity contribution is -0.384. The van der Waals surface area contributed by atoms with Crippen molar-refractivity contribution in [2.24, 2.45) is 5.41 Å². The van der Waals surface area contributed by atoms with E-state index in [1.165, 1.54) is 37.3 Å². The summed E-state index contributed by atoms with van der Waals surface area (Å²) >= 11 is 0. The first-order valence-electron chi connectivity index (χ1n) is 6.96. The SMILES string of the molecule is CC(C)(C)C1(C)OC(=O)C(=Cc2cccc([N+](=O)[O-])c2)C(=O)O1. The van der Waals surface area contributed by atoms with Crippen molar-refractivity contribution in [1.29, 1.82) is 0 Å². The van der Waals surface area contributed by atoms with Gasteiger partial charge in [0, 0.05) is 24.5 Å². The molecule has 0 saturated carbocycles. The van der Waals surface area contributed by atoms with Crippen molar-refractivity contribution in [3.8, 4) is 0 Å². The Balaban J connectivity index is 2.35. The van der Waals surface area contributed by atoms with Gasteiger partial charge in [-0.25, -0.2) is 9.59 Å². The molecule has 0 atom stereocenters. The van der Waals surface area contributed by atoms with Gasteiger partial charge in [0.25, 0.3) is 11.5 Å². The van der Waals surface area contributed by atoms with Gasteiger partial charge in [0.2, 0.25) is 0 Å². The maximum absolute atomic E-state index is 12.2. The summed E-state index contributed by atoms with van der Waals surface area (Å²) in [5.41, 5.74) is -0.707. The summed E-state index contributed by atoms with van der Waals surface area (Å²) in [5.74, 6) is -3.00. The smallest absolute Gasteiger partial charge is 0.348 e. The van der Waals surface area contributed by atoms with Gasteiger partial charge in [-0.2, -0.15) is 0 Å². The minimum atomic E-state index is -1.37. The third-order valence-corrected chi connectivity index (χ3v) is 3.77. The van der Waals surface area contributed by atoms with Gasteiger partial charge in [-0.1, -0.05) is 32.9 Å². The van der Waals surface area contributed by atoms with Crippen LogP contribution in [0.2, 0.25) is 0 Å². The molecule has 0 radical (unpaired) electrons. The molecule has 122 valence electrons. The maximum Gasteiger partial charge on any atom is 0.348 e. The highest BCUT2D eigenvalue weighted by Gasteiger charge is 2.50. The van der Waals surface area contributed by atoms with E-state index in [-0.39, 0.29) is 11.3 Å². The number of nitro groups is 1. The molecule has 7 nitrogen and oxygen atoms in total. The Morgan fingerprint density at radius 3 is 2.22 bits per heavy atom. The molecule has 0 unspecified atom stereocenters. The van der Waals surface area contributed by atoms with Gasteiger partial charge < -0.3 is 9.47 Å². The molecule has 7 heteroatoms. The summed E-state index contributed by atoms with van der Waals surface area (Å²) in [6, 6.07) is 5.57. The Bertz CT molecular complexity index is 694. The van der Waals surface area contributed by atoms with Crippen molar-refractivity contribution in [3.05, 3.63) is 45.5 Å². The zero-order valence-corrected chi connectivity index (χ0v) is 13.3. The molecule has 1 fully saturated rings. The summed E-state index contributed by atoms with van der Waals surface area (Å²) in [7, 11) is 0. The normalized spacial score (nSPS) is 21.5. The number of hydrogen-bond donors (Lipinski definition) is 0. The number of rotatable bonds is 2. The highest BCUT2D eigenvalue weighted by atomic mass is 16.7. The summed E-state index contributed by atoms with van der Waals surface area (Å²) in [6.45, 7) is 6.86. The van der Waals surface area contributed by atoms with Gasteiger partial charge >= 0.3 is 11.9 Å². The van der Waals surface area contributed by atoms with Crippen LogP contribution < -0.4 is 0 Å². The number of hydrogen-bond acceptors (Lipinski definition) is 6. The van der Waals surface area contributed by atoms with Gasteiger partial charge in [-0.05, 0) is 11.6 Å². The first kappa shape index (κ1) is 16.7. The summed E-state index contributed by atoms with van der Waals surface area (Å²) in [5, 5.41) is 10.8. The number of nitro benzene ring substituents is 1. The van der Waals surface area contributed by atoms with Crippen molar-refractivity contribution in [3.63, 3.8) is 0 Å². The lowest BCUT2D eigenvalue weighted by Crippen LogP contribution is -2.52. The number of carbonyl (C=O) groups is 2. The number of ether oxygens (including phenoxy) is 2. The molecule has 1 aromatic carbocycles. The Morgan fingerprint density at radius 2 is 1.74 bits per heavy atom. The van der Waals surface area contributed by atoms with Crippen molar-refractivity contribution >= 4 is 23.7 Å². The van der Waals surface area contributed by atoms with E-state index in [9.17, 15) is 19.7 Å².